The average Bonchev–Trinajstić information content (AvgIpc) is 3.68. The maximum absolute atomic E-state index is 9.03. The Labute approximate surface area is 384 Å². The third-order valence-corrected chi connectivity index (χ3v) is 12.6. The van der Waals surface area contributed by atoms with Gasteiger partial charge in [0.15, 0.2) is 0 Å². The molecule has 0 atom stereocenters. The summed E-state index contributed by atoms with van der Waals surface area (Å²) < 4.78 is 2.29. The Morgan fingerprint density at radius 2 is 0.656 bits per heavy atom. The summed E-state index contributed by atoms with van der Waals surface area (Å²) in [4.78, 5) is 0. The van der Waals surface area contributed by atoms with Gasteiger partial charge in [0.25, 0.3) is 0 Å². The second-order valence-corrected chi connectivity index (χ2v) is 18.3. The molecule has 0 saturated heterocycles. The predicted octanol–water partition coefficient (Wildman–Crippen LogP) is 14.9. The van der Waals surface area contributed by atoms with Crippen molar-refractivity contribution in [1.82, 2.24) is 0 Å². The number of fused-ring (bicyclic) bond motifs is 6. The van der Waals surface area contributed by atoms with Crippen molar-refractivity contribution in [3.05, 3.63) is 213 Å². The van der Waals surface area contributed by atoms with E-state index in [0.717, 1.165) is 38.5 Å². The monoisotopic (exact) mass is 933 g/mol. The Kier molecular flexibility index (Phi) is 16.2. The van der Waals surface area contributed by atoms with E-state index >= 15 is 0 Å². The largest absolute Gasteiger partial charge is 0.488 e. The first-order chi connectivity index (χ1) is 27.6. The van der Waals surface area contributed by atoms with E-state index < -0.39 is 7.12 Å². The van der Waals surface area contributed by atoms with E-state index in [1.54, 1.807) is 0 Å². The molecule has 7 aromatic carbocycles. The molecule has 2 aliphatic rings. The van der Waals surface area contributed by atoms with Crippen molar-refractivity contribution in [1.29, 1.82) is 0 Å². The Morgan fingerprint density at radius 3 is 0.967 bits per heavy atom. The van der Waals surface area contributed by atoms with E-state index in [1.165, 1.54) is 100 Å². The Balaban J connectivity index is 0.000000228. The minimum atomic E-state index is -1.36. The van der Waals surface area contributed by atoms with Crippen LogP contribution in [0.1, 0.15) is 72.3 Å². The lowest BCUT2D eigenvalue weighted by molar-refractivity contribution is 0.425. The molecular formula is C56H60BBr2O2-3. The fourth-order valence-electron chi connectivity index (χ4n) is 9.46. The Hall–Kier alpha value is -4.52. The molecule has 0 amide bonds. The van der Waals surface area contributed by atoms with Crippen LogP contribution in [0, 0.1) is 84.6 Å². The highest BCUT2D eigenvalue weighted by Crippen LogP contribution is 2.43. The molecule has 9 rings (SSSR count). The summed E-state index contributed by atoms with van der Waals surface area (Å²) in [5.74, 6) is 0. The number of halogens is 2. The molecule has 0 heterocycles. The topological polar surface area (TPSA) is 40.5 Å². The summed E-state index contributed by atoms with van der Waals surface area (Å²) in [6, 6.07) is 40.2. The minimum Gasteiger partial charge on any atom is -0.423 e. The zero-order chi connectivity index (χ0) is 41.6. The van der Waals surface area contributed by atoms with Gasteiger partial charge in [0.05, 0.1) is 0 Å². The SMILES string of the molecule is Brc1ccc2c(c1)-c1cc(Br)ccc1C2.Cc1cc(C)c(-c2ccc3c(c2)-c2cc(-c4c(C)cc(C)cc4C)ccc2C3)c(C)c1.Cc1cc(C)c(B(O)O)c(C)c1.[CH3-].[CH3-].[CH3-]. The van der Waals surface area contributed by atoms with Crippen LogP contribution in [0.25, 0.3) is 44.5 Å². The third-order valence-electron chi connectivity index (χ3n) is 11.6. The second kappa shape index (κ2) is 20.1. The lowest BCUT2D eigenvalue weighted by Gasteiger charge is -2.15. The van der Waals surface area contributed by atoms with Crippen molar-refractivity contribution in [3.63, 3.8) is 0 Å². The fourth-order valence-corrected chi connectivity index (χ4v) is 10.2. The minimum absolute atomic E-state index is 0. The first-order valence-electron chi connectivity index (χ1n) is 20.0. The van der Waals surface area contributed by atoms with Gasteiger partial charge in [-0.15, -0.1) is 0 Å². The molecule has 0 fully saturated rings. The summed E-state index contributed by atoms with van der Waals surface area (Å²) >= 11 is 7.05. The Morgan fingerprint density at radius 1 is 0.377 bits per heavy atom. The van der Waals surface area contributed by atoms with E-state index in [9.17, 15) is 0 Å². The quantitative estimate of drug-likeness (QED) is 0.137. The van der Waals surface area contributed by atoms with Crippen molar-refractivity contribution < 1.29 is 10.0 Å². The van der Waals surface area contributed by atoms with E-state index in [4.69, 9.17) is 10.0 Å². The highest BCUT2D eigenvalue weighted by molar-refractivity contribution is 9.10. The van der Waals surface area contributed by atoms with Gasteiger partial charge in [0, 0.05) is 8.95 Å². The van der Waals surface area contributed by atoms with Gasteiger partial charge in [-0.2, -0.15) is 0 Å². The van der Waals surface area contributed by atoms with E-state index in [-0.39, 0.29) is 22.3 Å². The number of benzene rings is 7. The Bertz CT molecular complexity index is 2500. The first kappa shape index (κ1) is 49.1. The molecule has 61 heavy (non-hydrogen) atoms. The van der Waals surface area contributed by atoms with Gasteiger partial charge < -0.3 is 32.3 Å². The lowest BCUT2D eigenvalue weighted by atomic mass is 9.74. The van der Waals surface area contributed by atoms with Crippen LogP contribution in [-0.4, -0.2) is 17.2 Å². The van der Waals surface area contributed by atoms with Crippen molar-refractivity contribution in [3.8, 4) is 44.5 Å². The maximum Gasteiger partial charge on any atom is 0.488 e. The van der Waals surface area contributed by atoms with E-state index in [0.29, 0.717) is 5.46 Å². The standard InChI is InChI=1S/C31H30.C13H8Br2.C9H13BO2.3CH3/c1-18-11-20(3)30(21(4)12-18)26-9-7-24-15-25-8-10-27(17-29(25)28(24)16-26)31-22(5)13-19(2)14-23(31)6;14-10-3-1-8-5-9-2-4-11(15)7-13(9)12(8)6-10;1-6-4-7(2)9(10(11)12)8(3)5-6;;;/h7-14,16-17H,15H2,1-6H3;1-4,6-7H,5H2;4-5,11-12H,1-3H3;3*1H3/q;;;3*-1. The zero-order valence-electron chi connectivity index (χ0n) is 38.0. The van der Waals surface area contributed by atoms with Crippen LogP contribution in [0.2, 0.25) is 0 Å². The maximum atomic E-state index is 9.03. The fraction of sp³-hybridized carbons (Fsp3) is 0.196. The molecular weight excluding hydrogens is 875 g/mol. The van der Waals surface area contributed by atoms with Crippen LogP contribution >= 0.6 is 31.9 Å². The number of hydrogen-bond donors (Lipinski definition) is 2. The normalized spacial score (nSPS) is 11.2. The van der Waals surface area contributed by atoms with Gasteiger partial charge in [0.1, 0.15) is 0 Å². The molecule has 7 aromatic rings. The highest BCUT2D eigenvalue weighted by atomic mass is 79.9. The molecule has 316 valence electrons. The molecule has 2 nitrogen and oxygen atoms in total. The molecule has 2 aliphatic carbocycles. The molecule has 0 radical (unpaired) electrons. The van der Waals surface area contributed by atoms with Gasteiger partial charge in [-0.25, -0.2) is 0 Å². The van der Waals surface area contributed by atoms with Crippen molar-refractivity contribution in [2.45, 2.75) is 75.2 Å². The van der Waals surface area contributed by atoms with Crippen LogP contribution in [-0.2, 0) is 12.8 Å². The second-order valence-electron chi connectivity index (χ2n) is 16.4. The van der Waals surface area contributed by atoms with E-state index in [1.807, 2.05) is 32.9 Å². The van der Waals surface area contributed by atoms with Gasteiger partial charge in [0.2, 0.25) is 0 Å². The molecule has 0 bridgehead atoms. The number of rotatable bonds is 3. The molecule has 0 aliphatic heterocycles. The summed E-state index contributed by atoms with van der Waals surface area (Å²) in [5.41, 5.74) is 28.4. The van der Waals surface area contributed by atoms with Gasteiger partial charge in [-0.3, -0.25) is 0 Å². The molecule has 0 unspecified atom stereocenters. The predicted molar refractivity (Wildman–Crippen MR) is 274 cm³/mol. The van der Waals surface area contributed by atoms with Crippen molar-refractivity contribution >= 4 is 44.4 Å². The summed E-state index contributed by atoms with van der Waals surface area (Å²) in [5, 5.41) is 18.1. The molecule has 2 N–H and O–H groups in total. The van der Waals surface area contributed by atoms with Gasteiger partial charge in [-0.05, 0) is 206 Å². The average molecular weight is 936 g/mol. The number of aryl methyl sites for hydroxylation is 9. The highest BCUT2D eigenvalue weighted by Gasteiger charge is 2.22. The summed E-state index contributed by atoms with van der Waals surface area (Å²) in [7, 11) is -1.36. The van der Waals surface area contributed by atoms with Crippen molar-refractivity contribution in [2.24, 2.45) is 0 Å². The smallest absolute Gasteiger partial charge is 0.423 e. The number of hydrogen-bond acceptors (Lipinski definition) is 2. The van der Waals surface area contributed by atoms with Crippen LogP contribution in [0.5, 0.6) is 0 Å². The molecule has 0 aromatic heterocycles. The molecule has 5 heteroatoms. The van der Waals surface area contributed by atoms with Crippen LogP contribution < -0.4 is 5.46 Å². The lowest BCUT2D eigenvalue weighted by Crippen LogP contribution is -2.34. The van der Waals surface area contributed by atoms with Gasteiger partial charge in [-0.1, -0.05) is 132 Å². The van der Waals surface area contributed by atoms with Crippen molar-refractivity contribution in [2.75, 3.05) is 0 Å². The van der Waals surface area contributed by atoms with Crippen LogP contribution in [0.15, 0.2) is 118 Å². The van der Waals surface area contributed by atoms with Gasteiger partial charge >= 0.3 is 7.12 Å². The van der Waals surface area contributed by atoms with E-state index in [2.05, 4.69) is 170 Å². The summed E-state index contributed by atoms with van der Waals surface area (Å²) in [6.07, 6.45) is 2.09. The van der Waals surface area contributed by atoms with Crippen LogP contribution in [0.4, 0.5) is 0 Å². The first-order valence-corrected chi connectivity index (χ1v) is 21.6. The summed E-state index contributed by atoms with van der Waals surface area (Å²) in [6.45, 7) is 19.1. The van der Waals surface area contributed by atoms with Crippen LogP contribution in [0.3, 0.4) is 0 Å². The molecule has 0 saturated carbocycles. The molecule has 0 spiro atoms. The third kappa shape index (κ3) is 10.4. The zero-order valence-corrected chi connectivity index (χ0v) is 41.2.